The lowest BCUT2D eigenvalue weighted by atomic mass is 9.88. The largest absolute Gasteiger partial charge is 0.465 e. The van der Waals surface area contributed by atoms with Crippen LogP contribution in [0.3, 0.4) is 0 Å². The van der Waals surface area contributed by atoms with Crippen molar-refractivity contribution >= 4 is 16.1 Å². The minimum atomic E-state index is -3.72. The van der Waals surface area contributed by atoms with Gasteiger partial charge in [-0.3, -0.25) is 9.80 Å². The highest BCUT2D eigenvalue weighted by molar-refractivity contribution is 7.90. The summed E-state index contributed by atoms with van der Waals surface area (Å²) in [5.41, 5.74) is 0.454. The van der Waals surface area contributed by atoms with Crippen LogP contribution in [0.4, 0.5) is 13.6 Å². The van der Waals surface area contributed by atoms with Crippen LogP contribution < -0.4 is 0 Å². The Kier molecular flexibility index (Phi) is 6.99. The van der Waals surface area contributed by atoms with Gasteiger partial charge >= 0.3 is 6.09 Å². The standard InChI is InChI=1S/C25H32F2N4O6S/c1-25(2,3)30(24(32)33)21-9-17(13-37-23(21)19-8-16(26)4-5-20(19)27)29-11-15-10-28-31(22(15)12-29)38(34,35)18-6-7-36-14-18/h4-5,8,10,17-18,21,23H,6-7,9,11-14H2,1-3H3,(H,32,33)/t17-,18-,21+,23-/m1/s1. The van der Waals surface area contributed by atoms with E-state index in [2.05, 4.69) is 5.10 Å². The zero-order valence-corrected chi connectivity index (χ0v) is 22.3. The number of carboxylic acid groups (broad SMARTS) is 1. The molecule has 3 aliphatic rings. The van der Waals surface area contributed by atoms with E-state index in [9.17, 15) is 27.1 Å². The Morgan fingerprint density at radius 1 is 1.21 bits per heavy atom. The van der Waals surface area contributed by atoms with E-state index in [1.54, 1.807) is 27.0 Å². The first-order chi connectivity index (χ1) is 17.9. The van der Waals surface area contributed by atoms with Crippen LogP contribution in [0.2, 0.25) is 0 Å². The first kappa shape index (κ1) is 27.0. The van der Waals surface area contributed by atoms with Crippen LogP contribution in [0.5, 0.6) is 0 Å². The van der Waals surface area contributed by atoms with Gasteiger partial charge in [-0.25, -0.2) is 22.0 Å². The van der Waals surface area contributed by atoms with Gasteiger partial charge in [0.1, 0.15) is 23.0 Å². The van der Waals surface area contributed by atoms with Crippen LogP contribution >= 0.6 is 0 Å². The molecule has 1 aromatic heterocycles. The van der Waals surface area contributed by atoms with Gasteiger partial charge in [0, 0.05) is 42.4 Å². The number of halogens is 2. The Hall–Kier alpha value is -2.61. The molecule has 1 N–H and O–H groups in total. The number of hydrogen-bond donors (Lipinski definition) is 1. The second-order valence-corrected chi connectivity index (χ2v) is 13.1. The molecule has 0 saturated carbocycles. The lowest BCUT2D eigenvalue weighted by Crippen LogP contribution is -2.58. The summed E-state index contributed by atoms with van der Waals surface area (Å²) in [4.78, 5) is 15.7. The van der Waals surface area contributed by atoms with Gasteiger partial charge in [-0.1, -0.05) is 0 Å². The molecule has 5 rings (SSSR count). The Bertz CT molecular complexity index is 1320. The second-order valence-electron chi connectivity index (χ2n) is 11.1. The van der Waals surface area contributed by atoms with Gasteiger partial charge in [0.2, 0.25) is 0 Å². The second kappa shape index (κ2) is 9.85. The molecule has 3 aliphatic heterocycles. The Morgan fingerprint density at radius 2 is 1.97 bits per heavy atom. The molecule has 0 radical (unpaired) electrons. The van der Waals surface area contributed by atoms with Crippen molar-refractivity contribution in [3.05, 3.63) is 52.9 Å². The number of rotatable bonds is 5. The highest BCUT2D eigenvalue weighted by Gasteiger charge is 2.46. The minimum absolute atomic E-state index is 0.0332. The van der Waals surface area contributed by atoms with Gasteiger partial charge in [-0.15, -0.1) is 0 Å². The third-order valence-corrected chi connectivity index (χ3v) is 9.58. The number of ether oxygens (including phenoxy) is 2. The van der Waals surface area contributed by atoms with Crippen LogP contribution in [0.1, 0.15) is 56.5 Å². The number of benzene rings is 1. The van der Waals surface area contributed by atoms with Crippen molar-refractivity contribution in [3.8, 4) is 0 Å². The minimum Gasteiger partial charge on any atom is -0.465 e. The van der Waals surface area contributed by atoms with Gasteiger partial charge in [0.25, 0.3) is 10.0 Å². The molecule has 0 bridgehead atoms. The fourth-order valence-electron chi connectivity index (χ4n) is 5.76. The van der Waals surface area contributed by atoms with Gasteiger partial charge < -0.3 is 14.6 Å². The van der Waals surface area contributed by atoms with Crippen LogP contribution in [-0.2, 0) is 32.6 Å². The van der Waals surface area contributed by atoms with Crippen LogP contribution in [-0.4, -0.2) is 81.3 Å². The van der Waals surface area contributed by atoms with Crippen molar-refractivity contribution in [2.24, 2.45) is 0 Å². The Morgan fingerprint density at radius 3 is 2.63 bits per heavy atom. The topological polar surface area (TPSA) is 114 Å². The number of amides is 1. The van der Waals surface area contributed by atoms with E-state index in [0.29, 0.717) is 25.3 Å². The molecule has 10 nitrogen and oxygen atoms in total. The zero-order chi connectivity index (χ0) is 27.4. The summed E-state index contributed by atoms with van der Waals surface area (Å²) in [7, 11) is -3.72. The van der Waals surface area contributed by atoms with Crippen LogP contribution in [0.15, 0.2) is 24.4 Å². The van der Waals surface area contributed by atoms with Crippen LogP contribution in [0.25, 0.3) is 0 Å². The Labute approximate surface area is 220 Å². The molecule has 0 aliphatic carbocycles. The molecule has 13 heteroatoms. The molecular weight excluding hydrogens is 522 g/mol. The molecule has 2 aromatic rings. The molecule has 4 heterocycles. The molecular formula is C25H32F2N4O6S. The molecule has 2 fully saturated rings. The maximum atomic E-state index is 14.8. The quantitative estimate of drug-likeness (QED) is 0.600. The van der Waals surface area contributed by atoms with E-state index in [0.717, 1.165) is 27.8 Å². The van der Waals surface area contributed by atoms with Crippen molar-refractivity contribution in [1.82, 2.24) is 19.0 Å². The lowest BCUT2D eigenvalue weighted by molar-refractivity contribution is -0.103. The van der Waals surface area contributed by atoms with Gasteiger partial charge in [-0.05, 0) is 51.8 Å². The monoisotopic (exact) mass is 554 g/mol. The molecule has 38 heavy (non-hydrogen) atoms. The van der Waals surface area contributed by atoms with Crippen molar-refractivity contribution in [1.29, 1.82) is 0 Å². The fourth-order valence-corrected chi connectivity index (χ4v) is 7.37. The predicted octanol–water partition coefficient (Wildman–Crippen LogP) is 3.12. The van der Waals surface area contributed by atoms with Crippen molar-refractivity contribution in [2.45, 2.75) is 75.7 Å². The first-order valence-corrected chi connectivity index (χ1v) is 14.1. The van der Waals surface area contributed by atoms with E-state index in [4.69, 9.17) is 9.47 Å². The molecule has 208 valence electrons. The summed E-state index contributed by atoms with van der Waals surface area (Å²) < 4.78 is 67.7. The molecule has 4 atom stereocenters. The number of hydrogen-bond acceptors (Lipinski definition) is 7. The molecule has 2 saturated heterocycles. The average Bonchev–Trinajstić information content (AvgIpc) is 3.57. The summed E-state index contributed by atoms with van der Waals surface area (Å²) in [5.74, 6) is -1.31. The first-order valence-electron chi connectivity index (χ1n) is 12.6. The van der Waals surface area contributed by atoms with Crippen molar-refractivity contribution in [2.75, 3.05) is 19.8 Å². The van der Waals surface area contributed by atoms with E-state index in [1.807, 2.05) is 4.90 Å². The molecule has 1 aromatic carbocycles. The number of fused-ring (bicyclic) bond motifs is 1. The average molecular weight is 555 g/mol. The van der Waals surface area contributed by atoms with Crippen LogP contribution in [0, 0.1) is 11.6 Å². The summed E-state index contributed by atoms with van der Waals surface area (Å²) >= 11 is 0. The Balaban J connectivity index is 1.43. The van der Waals surface area contributed by atoms with Crippen molar-refractivity contribution in [3.63, 3.8) is 0 Å². The normalized spacial score (nSPS) is 26.4. The summed E-state index contributed by atoms with van der Waals surface area (Å²) in [6.45, 7) is 6.56. The molecule has 1 amide bonds. The van der Waals surface area contributed by atoms with E-state index >= 15 is 0 Å². The van der Waals surface area contributed by atoms with Gasteiger partial charge in [0.05, 0.1) is 31.1 Å². The van der Waals surface area contributed by atoms with E-state index < -0.39 is 50.7 Å². The van der Waals surface area contributed by atoms with E-state index in [1.165, 1.54) is 4.90 Å². The third-order valence-electron chi connectivity index (χ3n) is 7.57. The zero-order valence-electron chi connectivity index (χ0n) is 21.5. The van der Waals surface area contributed by atoms with E-state index in [-0.39, 0.29) is 37.8 Å². The lowest BCUT2D eigenvalue weighted by Gasteiger charge is -2.48. The fraction of sp³-hybridized carbons (Fsp3) is 0.600. The molecule has 0 unspecified atom stereocenters. The van der Waals surface area contributed by atoms with Gasteiger partial charge in [-0.2, -0.15) is 9.19 Å². The number of carbonyl (C=O) groups is 1. The third kappa shape index (κ3) is 4.80. The van der Waals surface area contributed by atoms with Gasteiger partial charge in [0.15, 0.2) is 0 Å². The molecule has 0 spiro atoms. The highest BCUT2D eigenvalue weighted by Crippen LogP contribution is 2.40. The van der Waals surface area contributed by atoms with Crippen molar-refractivity contribution < 1.29 is 36.6 Å². The maximum Gasteiger partial charge on any atom is 0.408 e. The SMILES string of the molecule is CC(C)(C)N(C(=O)O)[C@H]1C[C@@H](N2Cc3cnn(S(=O)(=O)[C@@H]4CCOC4)c3C2)CO[C@@H]1c1cc(F)ccc1F. The number of nitrogens with zero attached hydrogens (tertiary/aromatic N) is 4. The highest BCUT2D eigenvalue weighted by atomic mass is 32.2. The maximum absolute atomic E-state index is 14.8. The summed E-state index contributed by atoms with van der Waals surface area (Å²) in [5, 5.41) is 13.6. The smallest absolute Gasteiger partial charge is 0.408 e. The number of aromatic nitrogens is 2. The predicted molar refractivity (Wildman–Crippen MR) is 132 cm³/mol. The summed E-state index contributed by atoms with van der Waals surface area (Å²) in [6.07, 6.45) is 0.0343. The summed E-state index contributed by atoms with van der Waals surface area (Å²) in [6, 6.07) is 1.96.